The third kappa shape index (κ3) is 22.7. The zero-order valence-electron chi connectivity index (χ0n) is 13.9. The lowest BCUT2D eigenvalue weighted by Crippen LogP contribution is -2.23. The minimum atomic E-state index is -0.415. The Balaban J connectivity index is 3.17. The standard InChI is InChI=1S/C12H24N2O5S6/c1-2-20-8-19-18-3-13-4-21-9-25-10-22-5-14-12(16)17-7-24-11-23-6-15/h3,15H,2,4-11H2,1H3,(H,14,16). The van der Waals surface area contributed by atoms with Crippen LogP contribution in [0.25, 0.3) is 0 Å². The van der Waals surface area contributed by atoms with E-state index < -0.39 is 6.09 Å². The van der Waals surface area contributed by atoms with Crippen LogP contribution in [0.15, 0.2) is 4.99 Å². The predicted molar refractivity (Wildman–Crippen MR) is 118 cm³/mol. The summed E-state index contributed by atoms with van der Waals surface area (Å²) in [4.78, 5) is 25.0. The number of aliphatic hydroxyl groups is 1. The van der Waals surface area contributed by atoms with Crippen LogP contribution >= 0.6 is 70.6 Å². The average Bonchev–Trinajstić information content (AvgIpc) is 2.62. The van der Waals surface area contributed by atoms with Crippen molar-refractivity contribution in [2.45, 2.75) is 6.92 Å². The third-order valence-corrected chi connectivity index (χ3v) is 7.69. The van der Waals surface area contributed by atoms with E-state index in [1.807, 2.05) is 0 Å². The number of nitrogens with zero attached hydrogens (tertiary/aromatic N) is 1. The zero-order chi connectivity index (χ0) is 18.4. The van der Waals surface area contributed by atoms with Gasteiger partial charge in [-0.05, 0) is 5.75 Å². The van der Waals surface area contributed by atoms with Crippen LogP contribution < -0.4 is 5.32 Å². The molecule has 0 aliphatic heterocycles. The largest absolute Gasteiger partial charge is 0.438 e. The van der Waals surface area contributed by atoms with Crippen molar-refractivity contribution in [1.29, 1.82) is 0 Å². The fraction of sp³-hybridized carbons (Fsp3) is 0.833. The predicted octanol–water partition coefficient (Wildman–Crippen LogP) is 3.76. The maximum atomic E-state index is 11.3. The molecular weight excluding hydrogens is 445 g/mol. The van der Waals surface area contributed by atoms with Crippen molar-refractivity contribution in [2.24, 2.45) is 4.99 Å². The molecule has 0 aliphatic carbocycles. The quantitative estimate of drug-likeness (QED) is 0.0769. The molecular formula is C12H24N2O5S6. The molecule has 0 bridgehead atoms. The molecule has 0 spiro atoms. The normalized spacial score (nSPS) is 11.0. The number of hydrogen-bond donors (Lipinski definition) is 2. The van der Waals surface area contributed by atoms with Crippen molar-refractivity contribution >= 4 is 83.1 Å². The van der Waals surface area contributed by atoms with Crippen molar-refractivity contribution in [2.75, 3.05) is 50.6 Å². The second-order valence-corrected chi connectivity index (χ2v) is 10.7. The summed E-state index contributed by atoms with van der Waals surface area (Å²) < 4.78 is 4.96. The summed E-state index contributed by atoms with van der Waals surface area (Å²) in [6, 6.07) is 0. The van der Waals surface area contributed by atoms with Gasteiger partial charge in [-0.1, -0.05) is 6.92 Å². The Labute approximate surface area is 174 Å². The highest BCUT2D eigenvalue weighted by Crippen LogP contribution is 2.17. The first kappa shape index (κ1) is 25.8. The Bertz CT molecular complexity index is 330. The van der Waals surface area contributed by atoms with Crippen LogP contribution in [-0.4, -0.2) is 68.2 Å². The fourth-order valence-electron chi connectivity index (χ4n) is 0.906. The van der Waals surface area contributed by atoms with Gasteiger partial charge < -0.3 is 20.0 Å². The lowest BCUT2D eigenvalue weighted by atomic mass is 11.0. The lowest BCUT2D eigenvalue weighted by Gasteiger charge is -2.06. The summed E-state index contributed by atoms with van der Waals surface area (Å²) >= 11 is 9.51. The molecule has 0 aromatic rings. The van der Waals surface area contributed by atoms with Gasteiger partial charge in [-0.3, -0.25) is 0 Å². The van der Waals surface area contributed by atoms with E-state index in [2.05, 4.69) is 17.2 Å². The number of ether oxygens (including phenoxy) is 1. The first-order chi connectivity index (χ1) is 12.3. The molecule has 2 N–H and O–H groups in total. The van der Waals surface area contributed by atoms with Crippen LogP contribution in [0.1, 0.15) is 6.92 Å². The second-order valence-electron chi connectivity index (χ2n) is 3.62. The zero-order valence-corrected chi connectivity index (χ0v) is 18.8. The van der Waals surface area contributed by atoms with E-state index in [9.17, 15) is 4.79 Å². The molecule has 25 heavy (non-hydrogen) atoms. The maximum Gasteiger partial charge on any atom is 0.408 e. The summed E-state index contributed by atoms with van der Waals surface area (Å²) in [5.41, 5.74) is 0. The smallest absolute Gasteiger partial charge is 0.408 e. The van der Waals surface area contributed by atoms with E-state index in [0.29, 0.717) is 28.7 Å². The van der Waals surface area contributed by atoms with Gasteiger partial charge in [-0.25, -0.2) is 9.79 Å². The first-order valence-electron chi connectivity index (χ1n) is 7.05. The SMILES string of the molecule is CCSCOOC=NCSCSCSCNC(=O)OCSCSCO. The number of carbonyl (C=O) groups is 1. The molecule has 0 aliphatic rings. The summed E-state index contributed by atoms with van der Waals surface area (Å²) in [5, 5.41) is 13.7. The first-order valence-corrected chi connectivity index (χ1v) is 14.0. The number of hydrogen-bond acceptors (Lipinski definition) is 12. The van der Waals surface area contributed by atoms with Crippen LogP contribution in [0.4, 0.5) is 4.79 Å². The summed E-state index contributed by atoms with van der Waals surface area (Å²) in [6.07, 6.45) is 0.904. The minimum Gasteiger partial charge on any atom is -0.438 e. The van der Waals surface area contributed by atoms with Gasteiger partial charge in [-0.15, -0.1) is 70.6 Å². The molecule has 7 nitrogen and oxygen atoms in total. The van der Waals surface area contributed by atoms with E-state index >= 15 is 0 Å². The van der Waals surface area contributed by atoms with E-state index in [-0.39, 0.29) is 5.94 Å². The van der Waals surface area contributed by atoms with Crippen LogP contribution in [0, 0.1) is 0 Å². The molecule has 0 rings (SSSR count). The van der Waals surface area contributed by atoms with Crippen LogP contribution in [0.3, 0.4) is 0 Å². The Morgan fingerprint density at radius 1 is 1.08 bits per heavy atom. The van der Waals surface area contributed by atoms with Crippen LogP contribution in [0.5, 0.6) is 0 Å². The van der Waals surface area contributed by atoms with Gasteiger partial charge in [0.05, 0.1) is 17.7 Å². The van der Waals surface area contributed by atoms with E-state index in [4.69, 9.17) is 19.6 Å². The van der Waals surface area contributed by atoms with Crippen LogP contribution in [-0.2, 0) is 14.5 Å². The van der Waals surface area contributed by atoms with Gasteiger partial charge in [0, 0.05) is 15.3 Å². The fourth-order valence-corrected chi connectivity index (χ4v) is 5.27. The van der Waals surface area contributed by atoms with Crippen molar-refractivity contribution < 1.29 is 24.4 Å². The van der Waals surface area contributed by atoms with E-state index in [0.717, 1.165) is 15.9 Å². The van der Waals surface area contributed by atoms with Crippen molar-refractivity contribution in [3.8, 4) is 0 Å². The number of alkyl carbamates (subject to hydrolysis) is 1. The van der Waals surface area contributed by atoms with Crippen molar-refractivity contribution in [3.63, 3.8) is 0 Å². The molecule has 1 amide bonds. The highest BCUT2D eigenvalue weighted by atomic mass is 32.2. The average molecular weight is 469 g/mol. The third-order valence-electron chi connectivity index (χ3n) is 1.87. The van der Waals surface area contributed by atoms with E-state index in [1.165, 1.54) is 29.9 Å². The lowest BCUT2D eigenvalue weighted by molar-refractivity contribution is -0.196. The van der Waals surface area contributed by atoms with Gasteiger partial charge in [0.15, 0.2) is 0 Å². The molecule has 0 aromatic heterocycles. The molecule has 0 atom stereocenters. The van der Waals surface area contributed by atoms with Gasteiger partial charge in [-0.2, -0.15) is 4.89 Å². The summed E-state index contributed by atoms with van der Waals surface area (Å²) in [7, 11) is 0. The van der Waals surface area contributed by atoms with Crippen molar-refractivity contribution in [3.05, 3.63) is 0 Å². The number of aliphatic imine (C=N–C) groups is 1. The highest BCUT2D eigenvalue weighted by molar-refractivity contribution is 8.22. The molecule has 148 valence electrons. The van der Waals surface area contributed by atoms with E-state index in [1.54, 1.807) is 47.0 Å². The number of nitrogens with one attached hydrogen (secondary N) is 1. The molecule has 0 aromatic carbocycles. The van der Waals surface area contributed by atoms with Gasteiger partial charge in [0.1, 0.15) is 11.9 Å². The molecule has 0 unspecified atom stereocenters. The number of carbonyl (C=O) groups excluding carboxylic acids is 1. The molecule has 0 saturated carbocycles. The number of rotatable bonds is 18. The van der Waals surface area contributed by atoms with Gasteiger partial charge in [0.2, 0.25) is 6.40 Å². The summed E-state index contributed by atoms with van der Waals surface area (Å²) in [6.45, 7) is 2.05. The topological polar surface area (TPSA) is 89.4 Å². The Morgan fingerprint density at radius 2 is 1.88 bits per heavy atom. The van der Waals surface area contributed by atoms with Gasteiger partial charge >= 0.3 is 6.09 Å². The Kier molecular flexibility index (Phi) is 23.5. The number of thioether (sulfide) groups is 6. The summed E-state index contributed by atoms with van der Waals surface area (Å²) in [5.74, 6) is 3.02. The van der Waals surface area contributed by atoms with Gasteiger partial charge in [0.25, 0.3) is 0 Å². The number of aliphatic hydroxyl groups excluding tert-OH is 1. The highest BCUT2D eigenvalue weighted by Gasteiger charge is 2.00. The second kappa shape index (κ2) is 22.8. The molecule has 0 heterocycles. The monoisotopic (exact) mass is 468 g/mol. The molecule has 0 radical (unpaired) electrons. The molecule has 0 saturated heterocycles. The van der Waals surface area contributed by atoms with Crippen LogP contribution in [0.2, 0.25) is 0 Å². The Hall–Kier alpha value is 0.760. The Morgan fingerprint density at radius 3 is 2.68 bits per heavy atom. The number of amides is 1. The molecule has 0 fully saturated rings. The maximum absolute atomic E-state index is 11.3. The minimum absolute atomic E-state index is 0.0820. The van der Waals surface area contributed by atoms with Crippen molar-refractivity contribution in [1.82, 2.24) is 5.32 Å². The molecule has 13 heteroatoms.